The van der Waals surface area contributed by atoms with Crippen molar-refractivity contribution in [1.29, 1.82) is 0 Å². The normalized spacial score (nSPS) is 20.0. The predicted molar refractivity (Wildman–Crippen MR) is 66.8 cm³/mol. The summed E-state index contributed by atoms with van der Waals surface area (Å²) in [6, 6.07) is 0.707. The lowest BCUT2D eigenvalue weighted by Crippen LogP contribution is -2.37. The molecule has 16 heavy (non-hydrogen) atoms. The minimum Gasteiger partial charge on any atom is -0.409 e. The van der Waals surface area contributed by atoms with Gasteiger partial charge < -0.3 is 15.8 Å². The third-order valence-corrected chi connectivity index (χ3v) is 3.53. The molecule has 0 aromatic heterocycles. The van der Waals surface area contributed by atoms with Crippen molar-refractivity contribution < 1.29 is 5.21 Å². The van der Waals surface area contributed by atoms with Crippen molar-refractivity contribution in [2.24, 2.45) is 10.9 Å². The third kappa shape index (κ3) is 4.39. The Morgan fingerprint density at radius 1 is 1.31 bits per heavy atom. The van der Waals surface area contributed by atoms with E-state index in [1.54, 1.807) is 0 Å². The summed E-state index contributed by atoms with van der Waals surface area (Å²) in [4.78, 5) is 2.48. The zero-order valence-electron chi connectivity index (χ0n) is 10.4. The monoisotopic (exact) mass is 227 g/mol. The summed E-state index contributed by atoms with van der Waals surface area (Å²) in [5.41, 5.74) is 5.51. The first-order valence-electron chi connectivity index (χ1n) is 6.48. The molecule has 1 rings (SSSR count). The summed E-state index contributed by atoms with van der Waals surface area (Å²) in [5.74, 6) is 0.340. The summed E-state index contributed by atoms with van der Waals surface area (Å²) in [5, 5.41) is 11.5. The Bertz CT molecular complexity index is 210. The summed E-state index contributed by atoms with van der Waals surface area (Å²) in [6.07, 6.45) is 8.76. The molecule has 1 fully saturated rings. The van der Waals surface area contributed by atoms with Gasteiger partial charge in [-0.3, -0.25) is 0 Å². The van der Waals surface area contributed by atoms with Gasteiger partial charge in [-0.05, 0) is 19.4 Å². The average molecular weight is 227 g/mol. The number of hydrogen-bond donors (Lipinski definition) is 2. The van der Waals surface area contributed by atoms with Crippen LogP contribution in [0.25, 0.3) is 0 Å². The van der Waals surface area contributed by atoms with Crippen LogP contribution in [0.4, 0.5) is 0 Å². The van der Waals surface area contributed by atoms with E-state index in [0.29, 0.717) is 18.3 Å². The molecule has 0 heterocycles. The molecule has 1 aliphatic rings. The van der Waals surface area contributed by atoms with Gasteiger partial charge in [0, 0.05) is 19.0 Å². The summed E-state index contributed by atoms with van der Waals surface area (Å²) in [7, 11) is 0. The van der Waals surface area contributed by atoms with E-state index in [1.807, 2.05) is 0 Å². The van der Waals surface area contributed by atoms with E-state index in [0.717, 1.165) is 13.1 Å². The standard InChI is InChI=1S/C12H25N3O/c1-2-15(10-9-12(13)14-16)11-7-5-3-4-6-8-11/h11,16H,2-10H2,1H3,(H2,13,14). The van der Waals surface area contributed by atoms with Gasteiger partial charge in [0.25, 0.3) is 0 Å². The zero-order chi connectivity index (χ0) is 11.8. The highest BCUT2D eigenvalue weighted by molar-refractivity contribution is 5.79. The highest BCUT2D eigenvalue weighted by Crippen LogP contribution is 2.21. The number of amidine groups is 1. The van der Waals surface area contributed by atoms with E-state index in [-0.39, 0.29) is 0 Å². The Balaban J connectivity index is 2.38. The van der Waals surface area contributed by atoms with E-state index in [1.165, 1.54) is 38.5 Å². The molecule has 0 spiro atoms. The summed E-state index contributed by atoms with van der Waals surface area (Å²) < 4.78 is 0. The van der Waals surface area contributed by atoms with Gasteiger partial charge >= 0.3 is 0 Å². The van der Waals surface area contributed by atoms with Gasteiger partial charge in [0.2, 0.25) is 0 Å². The number of nitrogens with two attached hydrogens (primary N) is 1. The quantitative estimate of drug-likeness (QED) is 0.249. The molecule has 0 atom stereocenters. The minimum atomic E-state index is 0.340. The van der Waals surface area contributed by atoms with E-state index >= 15 is 0 Å². The number of rotatable bonds is 5. The maximum absolute atomic E-state index is 8.52. The highest BCUT2D eigenvalue weighted by Gasteiger charge is 2.18. The molecule has 0 bridgehead atoms. The lowest BCUT2D eigenvalue weighted by molar-refractivity contribution is 0.192. The van der Waals surface area contributed by atoms with Gasteiger partial charge in [0.15, 0.2) is 0 Å². The van der Waals surface area contributed by atoms with Crippen molar-refractivity contribution in [2.75, 3.05) is 13.1 Å². The smallest absolute Gasteiger partial charge is 0.140 e. The Kier molecular flexibility index (Phi) is 6.23. The maximum Gasteiger partial charge on any atom is 0.140 e. The lowest BCUT2D eigenvalue weighted by Gasteiger charge is -2.29. The fraction of sp³-hybridized carbons (Fsp3) is 0.917. The van der Waals surface area contributed by atoms with Crippen LogP contribution in [0.5, 0.6) is 0 Å². The second-order valence-electron chi connectivity index (χ2n) is 4.62. The largest absolute Gasteiger partial charge is 0.409 e. The van der Waals surface area contributed by atoms with Crippen molar-refractivity contribution in [1.82, 2.24) is 4.90 Å². The number of oxime groups is 1. The van der Waals surface area contributed by atoms with Crippen LogP contribution >= 0.6 is 0 Å². The van der Waals surface area contributed by atoms with Crippen LogP contribution in [0.1, 0.15) is 51.9 Å². The van der Waals surface area contributed by atoms with Gasteiger partial charge in [0.05, 0.1) is 0 Å². The summed E-state index contributed by atoms with van der Waals surface area (Å²) >= 11 is 0. The molecule has 1 saturated carbocycles. The van der Waals surface area contributed by atoms with Crippen LogP contribution in [0.15, 0.2) is 5.16 Å². The molecule has 3 N–H and O–H groups in total. The van der Waals surface area contributed by atoms with Crippen LogP contribution in [-0.4, -0.2) is 35.1 Å². The number of hydrogen-bond acceptors (Lipinski definition) is 3. The van der Waals surface area contributed by atoms with Crippen LogP contribution in [0.2, 0.25) is 0 Å². The lowest BCUT2D eigenvalue weighted by atomic mass is 10.1. The molecular weight excluding hydrogens is 202 g/mol. The Morgan fingerprint density at radius 3 is 2.44 bits per heavy atom. The first-order chi connectivity index (χ1) is 7.77. The van der Waals surface area contributed by atoms with Crippen molar-refractivity contribution in [3.8, 4) is 0 Å². The van der Waals surface area contributed by atoms with E-state index in [2.05, 4.69) is 17.0 Å². The zero-order valence-corrected chi connectivity index (χ0v) is 10.4. The molecule has 0 amide bonds. The third-order valence-electron chi connectivity index (χ3n) is 3.53. The molecule has 4 nitrogen and oxygen atoms in total. The average Bonchev–Trinajstić information content (AvgIpc) is 2.58. The fourth-order valence-corrected chi connectivity index (χ4v) is 2.53. The second kappa shape index (κ2) is 7.49. The van der Waals surface area contributed by atoms with Crippen LogP contribution < -0.4 is 5.73 Å². The van der Waals surface area contributed by atoms with Gasteiger partial charge in [-0.15, -0.1) is 0 Å². The molecule has 0 aromatic carbocycles. The first-order valence-corrected chi connectivity index (χ1v) is 6.48. The van der Waals surface area contributed by atoms with Gasteiger partial charge in [-0.25, -0.2) is 0 Å². The molecule has 1 aliphatic carbocycles. The maximum atomic E-state index is 8.52. The summed E-state index contributed by atoms with van der Waals surface area (Å²) in [6.45, 7) is 4.16. The molecular formula is C12H25N3O. The number of nitrogens with zero attached hydrogens (tertiary/aromatic N) is 2. The van der Waals surface area contributed by atoms with Crippen LogP contribution in [0.3, 0.4) is 0 Å². The van der Waals surface area contributed by atoms with Gasteiger partial charge in [0.1, 0.15) is 5.84 Å². The highest BCUT2D eigenvalue weighted by atomic mass is 16.4. The molecule has 94 valence electrons. The van der Waals surface area contributed by atoms with Gasteiger partial charge in [-0.2, -0.15) is 0 Å². The molecule has 0 radical (unpaired) electrons. The van der Waals surface area contributed by atoms with Crippen LogP contribution in [0, 0.1) is 0 Å². The molecule has 0 aliphatic heterocycles. The van der Waals surface area contributed by atoms with Crippen molar-refractivity contribution in [2.45, 2.75) is 57.9 Å². The first kappa shape index (κ1) is 13.3. The van der Waals surface area contributed by atoms with Crippen LogP contribution in [-0.2, 0) is 0 Å². The second-order valence-corrected chi connectivity index (χ2v) is 4.62. The van der Waals surface area contributed by atoms with Gasteiger partial charge in [-0.1, -0.05) is 37.8 Å². The Hall–Kier alpha value is -0.770. The van der Waals surface area contributed by atoms with Crippen molar-refractivity contribution in [3.63, 3.8) is 0 Å². The van der Waals surface area contributed by atoms with Crippen molar-refractivity contribution >= 4 is 5.84 Å². The fourth-order valence-electron chi connectivity index (χ4n) is 2.53. The van der Waals surface area contributed by atoms with E-state index < -0.39 is 0 Å². The van der Waals surface area contributed by atoms with Crippen molar-refractivity contribution in [3.05, 3.63) is 0 Å². The molecule has 4 heteroatoms. The minimum absolute atomic E-state index is 0.340. The Labute approximate surface area is 98.5 Å². The van der Waals surface area contributed by atoms with E-state index in [9.17, 15) is 0 Å². The predicted octanol–water partition coefficient (Wildman–Crippen LogP) is 2.17. The van der Waals surface area contributed by atoms with E-state index in [4.69, 9.17) is 10.9 Å². The Morgan fingerprint density at radius 2 is 1.94 bits per heavy atom. The molecule has 0 aromatic rings. The molecule has 0 unspecified atom stereocenters. The SMILES string of the molecule is CCN(CCC(N)=NO)C1CCCCCC1. The topological polar surface area (TPSA) is 61.8 Å². The molecule has 0 saturated heterocycles.